The summed E-state index contributed by atoms with van der Waals surface area (Å²) in [4.78, 5) is 25.0. The van der Waals surface area contributed by atoms with Crippen molar-refractivity contribution in [2.75, 3.05) is 11.9 Å². The maximum absolute atomic E-state index is 12.7. The summed E-state index contributed by atoms with van der Waals surface area (Å²) in [5.41, 5.74) is 5.23. The lowest BCUT2D eigenvalue weighted by Gasteiger charge is -2.12. The number of halogens is 1. The van der Waals surface area contributed by atoms with Crippen LogP contribution >= 0.6 is 15.9 Å². The molecule has 0 saturated heterocycles. The van der Waals surface area contributed by atoms with Gasteiger partial charge in [0.2, 0.25) is 5.91 Å². The Hall–Kier alpha value is -3.71. The van der Waals surface area contributed by atoms with Crippen LogP contribution in [0.5, 0.6) is 0 Å². The lowest BCUT2D eigenvalue weighted by molar-refractivity contribution is -0.115. The summed E-state index contributed by atoms with van der Waals surface area (Å²) in [5.74, 6) is -0.125. The van der Waals surface area contributed by atoms with E-state index in [4.69, 9.17) is 5.10 Å². The molecular formula is C26H23BrN4O2. The van der Waals surface area contributed by atoms with Crippen molar-refractivity contribution in [2.24, 2.45) is 0 Å². The molecule has 166 valence electrons. The first-order valence-corrected chi connectivity index (χ1v) is 11.3. The number of nitrogens with one attached hydrogen (secondary N) is 2. The van der Waals surface area contributed by atoms with Crippen LogP contribution in [0.2, 0.25) is 0 Å². The molecule has 7 heteroatoms. The third-order valence-electron chi connectivity index (χ3n) is 5.14. The van der Waals surface area contributed by atoms with Gasteiger partial charge < -0.3 is 10.6 Å². The second-order valence-corrected chi connectivity index (χ2v) is 8.64. The molecule has 0 unspecified atom stereocenters. The zero-order valence-corrected chi connectivity index (χ0v) is 19.9. The van der Waals surface area contributed by atoms with E-state index in [1.54, 1.807) is 28.9 Å². The molecule has 2 N–H and O–H groups in total. The Morgan fingerprint density at radius 3 is 2.36 bits per heavy atom. The number of nitrogens with zero attached hydrogens (tertiary/aromatic N) is 2. The molecule has 0 fully saturated rings. The Kier molecular flexibility index (Phi) is 6.70. The fourth-order valence-corrected chi connectivity index (χ4v) is 3.76. The SMILES string of the molecule is Cc1ccc(-n2nc(-c3ccccc3)cc2NC(=O)CNC(=O)c2ccc(Br)cc2)c(C)c1. The molecule has 0 aliphatic heterocycles. The maximum Gasteiger partial charge on any atom is 0.251 e. The van der Waals surface area contributed by atoms with E-state index in [0.717, 1.165) is 32.5 Å². The number of carbonyl (C=O) groups excluding carboxylic acids is 2. The summed E-state index contributed by atoms with van der Waals surface area (Å²) >= 11 is 3.34. The van der Waals surface area contributed by atoms with Crippen molar-refractivity contribution < 1.29 is 9.59 Å². The molecule has 0 aliphatic rings. The van der Waals surface area contributed by atoms with E-state index in [2.05, 4.69) is 32.6 Å². The van der Waals surface area contributed by atoms with Crippen molar-refractivity contribution >= 4 is 33.6 Å². The Bertz CT molecular complexity index is 1300. The summed E-state index contributed by atoms with van der Waals surface area (Å²) in [6, 6.07) is 24.6. The number of hydrogen-bond donors (Lipinski definition) is 2. The molecule has 4 rings (SSSR count). The van der Waals surface area contributed by atoms with Gasteiger partial charge in [0.05, 0.1) is 17.9 Å². The van der Waals surface area contributed by atoms with Gasteiger partial charge >= 0.3 is 0 Å². The summed E-state index contributed by atoms with van der Waals surface area (Å²) in [7, 11) is 0. The molecule has 4 aromatic rings. The number of aromatic nitrogens is 2. The minimum Gasteiger partial charge on any atom is -0.343 e. The van der Waals surface area contributed by atoms with Gasteiger partial charge in [0.15, 0.2) is 0 Å². The van der Waals surface area contributed by atoms with E-state index in [1.165, 1.54) is 0 Å². The Morgan fingerprint density at radius 2 is 1.67 bits per heavy atom. The highest BCUT2D eigenvalue weighted by atomic mass is 79.9. The molecule has 0 atom stereocenters. The zero-order valence-electron chi connectivity index (χ0n) is 18.3. The van der Waals surface area contributed by atoms with Crippen LogP contribution in [0.25, 0.3) is 16.9 Å². The number of hydrogen-bond acceptors (Lipinski definition) is 3. The molecule has 0 radical (unpaired) electrons. The number of amides is 2. The lowest BCUT2D eigenvalue weighted by Crippen LogP contribution is -2.33. The molecule has 2 amide bonds. The number of rotatable bonds is 6. The predicted octanol–water partition coefficient (Wildman–Crippen LogP) is 5.29. The van der Waals surface area contributed by atoms with Crippen LogP contribution in [-0.2, 0) is 4.79 Å². The maximum atomic E-state index is 12.7. The number of anilines is 1. The van der Waals surface area contributed by atoms with E-state index in [0.29, 0.717) is 11.4 Å². The molecule has 33 heavy (non-hydrogen) atoms. The van der Waals surface area contributed by atoms with Crippen LogP contribution in [0.4, 0.5) is 5.82 Å². The van der Waals surface area contributed by atoms with Gasteiger partial charge in [-0.25, -0.2) is 4.68 Å². The largest absolute Gasteiger partial charge is 0.343 e. The van der Waals surface area contributed by atoms with Crippen molar-refractivity contribution in [3.8, 4) is 16.9 Å². The monoisotopic (exact) mass is 502 g/mol. The van der Waals surface area contributed by atoms with Crippen LogP contribution in [0.1, 0.15) is 21.5 Å². The highest BCUT2D eigenvalue weighted by molar-refractivity contribution is 9.10. The number of carbonyl (C=O) groups is 2. The first-order valence-electron chi connectivity index (χ1n) is 10.5. The smallest absolute Gasteiger partial charge is 0.251 e. The Balaban J connectivity index is 1.56. The summed E-state index contributed by atoms with van der Waals surface area (Å²) in [6.07, 6.45) is 0. The lowest BCUT2D eigenvalue weighted by atomic mass is 10.1. The first kappa shape index (κ1) is 22.5. The third kappa shape index (κ3) is 5.38. The van der Waals surface area contributed by atoms with Gasteiger partial charge in [0.25, 0.3) is 5.91 Å². The Morgan fingerprint density at radius 1 is 0.939 bits per heavy atom. The fraction of sp³-hybridized carbons (Fsp3) is 0.115. The molecule has 0 spiro atoms. The van der Waals surface area contributed by atoms with Crippen LogP contribution < -0.4 is 10.6 Å². The zero-order chi connectivity index (χ0) is 23.4. The number of benzene rings is 3. The molecule has 0 aliphatic carbocycles. The van der Waals surface area contributed by atoms with E-state index >= 15 is 0 Å². The van der Waals surface area contributed by atoms with Crippen LogP contribution in [0.15, 0.2) is 83.3 Å². The topological polar surface area (TPSA) is 76.0 Å². The quantitative estimate of drug-likeness (QED) is 0.376. The number of aryl methyl sites for hydroxylation is 2. The third-order valence-corrected chi connectivity index (χ3v) is 5.67. The molecule has 3 aromatic carbocycles. The van der Waals surface area contributed by atoms with Crippen LogP contribution in [-0.4, -0.2) is 28.1 Å². The minimum absolute atomic E-state index is 0.159. The standard InChI is InChI=1S/C26H23BrN4O2/c1-17-8-13-23(18(2)14-17)31-24(15-22(30-31)19-6-4-3-5-7-19)29-25(32)16-28-26(33)20-9-11-21(27)12-10-20/h3-15H,16H2,1-2H3,(H,28,33)(H,29,32). The first-order chi connectivity index (χ1) is 15.9. The molecule has 6 nitrogen and oxygen atoms in total. The van der Waals surface area contributed by atoms with Gasteiger partial charge in [-0.05, 0) is 49.7 Å². The van der Waals surface area contributed by atoms with Crippen LogP contribution in [0.3, 0.4) is 0 Å². The van der Waals surface area contributed by atoms with Gasteiger partial charge in [0, 0.05) is 21.7 Å². The molecule has 1 aromatic heterocycles. The van der Waals surface area contributed by atoms with Gasteiger partial charge in [-0.2, -0.15) is 5.10 Å². The minimum atomic E-state index is -0.342. The van der Waals surface area contributed by atoms with Gasteiger partial charge in [-0.1, -0.05) is 64.0 Å². The average molecular weight is 503 g/mol. The van der Waals surface area contributed by atoms with Gasteiger partial charge in [-0.3, -0.25) is 9.59 Å². The summed E-state index contributed by atoms with van der Waals surface area (Å²) in [5, 5.41) is 10.3. The molecule has 1 heterocycles. The van der Waals surface area contributed by atoms with E-state index in [-0.39, 0.29) is 18.4 Å². The second kappa shape index (κ2) is 9.83. The molecule has 0 saturated carbocycles. The second-order valence-electron chi connectivity index (χ2n) is 7.72. The van der Waals surface area contributed by atoms with Crippen molar-refractivity contribution in [1.82, 2.24) is 15.1 Å². The van der Waals surface area contributed by atoms with E-state index in [9.17, 15) is 9.59 Å². The highest BCUT2D eigenvalue weighted by Crippen LogP contribution is 2.26. The normalized spacial score (nSPS) is 10.6. The predicted molar refractivity (Wildman–Crippen MR) is 134 cm³/mol. The summed E-state index contributed by atoms with van der Waals surface area (Å²) in [6.45, 7) is 3.88. The van der Waals surface area contributed by atoms with Gasteiger partial charge in [-0.15, -0.1) is 0 Å². The Labute approximate surface area is 200 Å². The van der Waals surface area contributed by atoms with Crippen molar-refractivity contribution in [2.45, 2.75) is 13.8 Å². The molecule has 0 bridgehead atoms. The fourth-order valence-electron chi connectivity index (χ4n) is 3.50. The molecular weight excluding hydrogens is 480 g/mol. The van der Waals surface area contributed by atoms with Crippen LogP contribution in [0, 0.1) is 13.8 Å². The van der Waals surface area contributed by atoms with Crippen molar-refractivity contribution in [3.63, 3.8) is 0 Å². The van der Waals surface area contributed by atoms with E-state index < -0.39 is 0 Å². The highest BCUT2D eigenvalue weighted by Gasteiger charge is 2.16. The van der Waals surface area contributed by atoms with E-state index in [1.807, 2.05) is 62.4 Å². The summed E-state index contributed by atoms with van der Waals surface area (Å²) < 4.78 is 2.61. The van der Waals surface area contributed by atoms with Crippen molar-refractivity contribution in [1.29, 1.82) is 0 Å². The van der Waals surface area contributed by atoms with Gasteiger partial charge in [0.1, 0.15) is 5.82 Å². The van der Waals surface area contributed by atoms with Crippen molar-refractivity contribution in [3.05, 3.63) is 100 Å². The average Bonchev–Trinajstić information content (AvgIpc) is 3.22.